The average Bonchev–Trinajstić information content (AvgIpc) is 3.32. The molecule has 0 radical (unpaired) electrons. The van der Waals surface area contributed by atoms with Crippen LogP contribution in [0, 0.1) is 11.8 Å². The Morgan fingerprint density at radius 1 is 1.24 bits per heavy atom. The number of likely N-dealkylation sites (tertiary alicyclic amines) is 1. The summed E-state index contributed by atoms with van der Waals surface area (Å²) in [5.41, 5.74) is -1.11. The van der Waals surface area contributed by atoms with Gasteiger partial charge in [-0.05, 0) is 38.3 Å². The summed E-state index contributed by atoms with van der Waals surface area (Å²) in [4.78, 5) is 38.3. The van der Waals surface area contributed by atoms with E-state index in [-0.39, 0.29) is 36.2 Å². The smallest absolute Gasteiger partial charge is 0.407 e. The molecular weight excluding hydrogens is 474 g/mol. The summed E-state index contributed by atoms with van der Waals surface area (Å²) in [5.74, 6) is 1.24. The van der Waals surface area contributed by atoms with Crippen LogP contribution in [0.3, 0.4) is 0 Å². The Labute approximate surface area is 219 Å². The summed E-state index contributed by atoms with van der Waals surface area (Å²) < 4.78 is 5.44. The van der Waals surface area contributed by atoms with E-state index >= 15 is 0 Å². The molecule has 2 unspecified atom stereocenters. The Hall–Kier alpha value is -3.14. The van der Waals surface area contributed by atoms with E-state index in [0.717, 1.165) is 0 Å². The Kier molecular flexibility index (Phi) is 8.52. The summed E-state index contributed by atoms with van der Waals surface area (Å²) in [6.45, 7) is 14.6. The third-order valence-electron chi connectivity index (χ3n) is 6.66. The summed E-state index contributed by atoms with van der Waals surface area (Å²) in [6.07, 6.45) is 2.57. The summed E-state index contributed by atoms with van der Waals surface area (Å²) in [6, 6.07) is 3.23. The summed E-state index contributed by atoms with van der Waals surface area (Å²) in [7, 11) is 0. The largest absolute Gasteiger partial charge is 0.467 e. The second-order valence-electron chi connectivity index (χ2n) is 11.9. The van der Waals surface area contributed by atoms with Gasteiger partial charge in [-0.25, -0.2) is 14.8 Å². The lowest BCUT2D eigenvalue weighted by Crippen LogP contribution is -2.58. The average molecular weight is 516 g/mol. The van der Waals surface area contributed by atoms with Gasteiger partial charge >= 0.3 is 6.09 Å². The molecular formula is C27H41N5O5. The first-order chi connectivity index (χ1) is 17.2. The van der Waals surface area contributed by atoms with Crippen LogP contribution in [-0.4, -0.2) is 73.3 Å². The molecule has 3 N–H and O–H groups in total. The number of piperidine rings is 1. The van der Waals surface area contributed by atoms with E-state index in [1.807, 2.05) is 40.7 Å². The van der Waals surface area contributed by atoms with E-state index in [1.165, 1.54) is 4.90 Å². The van der Waals surface area contributed by atoms with Gasteiger partial charge < -0.3 is 29.7 Å². The first kappa shape index (κ1) is 28.4. The third kappa shape index (κ3) is 7.21. The fourth-order valence-corrected chi connectivity index (χ4v) is 4.53. The Morgan fingerprint density at radius 2 is 1.95 bits per heavy atom. The molecule has 2 amide bonds. The number of nitrogens with one attached hydrogen (secondary N) is 1. The lowest BCUT2D eigenvalue weighted by molar-refractivity contribution is -0.0364. The van der Waals surface area contributed by atoms with Gasteiger partial charge in [0.2, 0.25) is 0 Å². The quantitative estimate of drug-likeness (QED) is 0.476. The number of anilines is 1. The van der Waals surface area contributed by atoms with E-state index in [0.29, 0.717) is 42.5 Å². The fraction of sp³-hybridized carbons (Fsp3) is 0.630. The molecule has 1 fully saturated rings. The van der Waals surface area contributed by atoms with Gasteiger partial charge in [0.15, 0.2) is 0 Å². The molecule has 10 nitrogen and oxygen atoms in total. The second-order valence-corrected chi connectivity index (χ2v) is 11.9. The van der Waals surface area contributed by atoms with Gasteiger partial charge in [0, 0.05) is 37.2 Å². The van der Waals surface area contributed by atoms with Crippen LogP contribution in [0.1, 0.15) is 76.8 Å². The van der Waals surface area contributed by atoms with Crippen molar-refractivity contribution in [1.82, 2.24) is 19.8 Å². The topological polar surface area (TPSA) is 132 Å². The molecule has 204 valence electrons. The number of carbonyl (C=O) groups is 2. The number of hydrogen-bond donors (Lipinski definition) is 3. The number of rotatable bonds is 8. The number of hydrogen-bond acceptors (Lipinski definition) is 7. The zero-order valence-corrected chi connectivity index (χ0v) is 23.0. The van der Waals surface area contributed by atoms with Crippen LogP contribution in [0.5, 0.6) is 0 Å². The molecule has 0 spiro atoms. The maximum atomic E-state index is 14.1. The van der Waals surface area contributed by atoms with Gasteiger partial charge in [-0.15, -0.1) is 0 Å². The zero-order valence-electron chi connectivity index (χ0n) is 23.0. The number of aliphatic hydroxyl groups is 1. The van der Waals surface area contributed by atoms with Crippen molar-refractivity contribution in [2.24, 2.45) is 11.8 Å². The zero-order chi connectivity index (χ0) is 27.5. The molecule has 0 bridgehead atoms. The lowest BCUT2D eigenvalue weighted by Gasteiger charge is -2.45. The highest BCUT2D eigenvalue weighted by molar-refractivity contribution is 5.98. The molecule has 0 saturated carbocycles. The highest BCUT2D eigenvalue weighted by Crippen LogP contribution is 2.31. The van der Waals surface area contributed by atoms with Crippen LogP contribution >= 0.6 is 0 Å². The minimum absolute atomic E-state index is 0.138. The number of aromatic nitrogens is 2. The van der Waals surface area contributed by atoms with Gasteiger partial charge in [0.1, 0.15) is 23.0 Å². The number of amides is 2. The molecule has 3 rings (SSSR count). The van der Waals surface area contributed by atoms with E-state index in [1.54, 1.807) is 37.3 Å². The van der Waals surface area contributed by atoms with E-state index in [2.05, 4.69) is 10.3 Å². The van der Waals surface area contributed by atoms with E-state index in [9.17, 15) is 19.8 Å². The molecule has 37 heavy (non-hydrogen) atoms. The summed E-state index contributed by atoms with van der Waals surface area (Å²) in [5, 5.41) is 23.7. The highest BCUT2D eigenvalue weighted by Gasteiger charge is 2.41. The Morgan fingerprint density at radius 3 is 2.49 bits per heavy atom. The molecule has 2 atom stereocenters. The minimum atomic E-state index is -1.09. The van der Waals surface area contributed by atoms with Crippen molar-refractivity contribution in [1.29, 1.82) is 0 Å². The number of furan rings is 1. The van der Waals surface area contributed by atoms with Gasteiger partial charge in [-0.1, -0.05) is 34.6 Å². The van der Waals surface area contributed by atoms with Crippen LogP contribution in [-0.2, 0) is 12.0 Å². The van der Waals surface area contributed by atoms with E-state index < -0.39 is 17.7 Å². The number of nitrogens with zero attached hydrogens (tertiary/aromatic N) is 4. The Bertz CT molecular complexity index is 1070. The van der Waals surface area contributed by atoms with Gasteiger partial charge in [-0.3, -0.25) is 4.79 Å². The van der Waals surface area contributed by atoms with Crippen LogP contribution in [0.4, 0.5) is 10.6 Å². The van der Waals surface area contributed by atoms with Crippen molar-refractivity contribution in [2.45, 2.75) is 78.5 Å². The molecule has 2 aromatic heterocycles. The van der Waals surface area contributed by atoms with Crippen LogP contribution in [0.25, 0.3) is 0 Å². The standard InChI is InChI=1S/C27H41N5O5/c1-17(2)14-32(19-11-18(27(6,7)36)15-31(16-19)25(34)35)23(33)21-13-29-24(26(3,4)5)30-22(21)28-12-20-9-8-10-37-20/h8-10,13,17-19,36H,11-12,14-16H2,1-7H3,(H,34,35)(H,28,29,30). The molecule has 0 aromatic carbocycles. The van der Waals surface area contributed by atoms with Crippen molar-refractivity contribution in [3.8, 4) is 0 Å². The minimum Gasteiger partial charge on any atom is -0.467 e. The Balaban J connectivity index is 2.00. The van der Waals surface area contributed by atoms with Gasteiger partial charge in [0.05, 0.1) is 24.5 Å². The normalized spacial score (nSPS) is 18.7. The third-order valence-corrected chi connectivity index (χ3v) is 6.66. The first-order valence-electron chi connectivity index (χ1n) is 12.8. The molecule has 0 aliphatic carbocycles. The maximum Gasteiger partial charge on any atom is 0.407 e. The second kappa shape index (κ2) is 11.1. The van der Waals surface area contributed by atoms with Gasteiger partial charge in [-0.2, -0.15) is 0 Å². The predicted molar refractivity (Wildman–Crippen MR) is 140 cm³/mol. The van der Waals surface area contributed by atoms with Crippen LogP contribution in [0.15, 0.2) is 29.0 Å². The number of carboxylic acid groups (broad SMARTS) is 1. The van der Waals surface area contributed by atoms with Crippen LogP contribution < -0.4 is 5.32 Å². The number of carbonyl (C=O) groups excluding carboxylic acids is 1. The fourth-order valence-electron chi connectivity index (χ4n) is 4.53. The SMILES string of the molecule is CC(C)CN(C(=O)c1cnc(C(C)(C)C)nc1NCc1ccco1)C1CC(C(C)(C)O)CN(C(=O)O)C1. The van der Waals surface area contributed by atoms with Crippen molar-refractivity contribution >= 4 is 17.8 Å². The first-order valence-corrected chi connectivity index (χ1v) is 12.8. The molecule has 2 aromatic rings. The monoisotopic (exact) mass is 515 g/mol. The summed E-state index contributed by atoms with van der Waals surface area (Å²) >= 11 is 0. The van der Waals surface area contributed by atoms with Crippen molar-refractivity contribution < 1.29 is 24.2 Å². The van der Waals surface area contributed by atoms with Crippen molar-refractivity contribution in [2.75, 3.05) is 25.0 Å². The van der Waals surface area contributed by atoms with Crippen molar-refractivity contribution in [3.63, 3.8) is 0 Å². The molecule has 1 saturated heterocycles. The molecule has 10 heteroatoms. The van der Waals surface area contributed by atoms with E-state index in [4.69, 9.17) is 9.40 Å². The van der Waals surface area contributed by atoms with Gasteiger partial charge in [0.25, 0.3) is 5.91 Å². The van der Waals surface area contributed by atoms with Crippen LogP contribution in [0.2, 0.25) is 0 Å². The molecule has 1 aliphatic rings. The van der Waals surface area contributed by atoms with Crippen molar-refractivity contribution in [3.05, 3.63) is 41.7 Å². The molecule has 3 heterocycles. The maximum absolute atomic E-state index is 14.1. The predicted octanol–water partition coefficient (Wildman–Crippen LogP) is 4.22. The lowest BCUT2D eigenvalue weighted by atomic mass is 9.81. The highest BCUT2D eigenvalue weighted by atomic mass is 16.4. The molecule has 1 aliphatic heterocycles.